The van der Waals surface area contributed by atoms with E-state index < -0.39 is 11.5 Å². The van der Waals surface area contributed by atoms with Gasteiger partial charge < -0.3 is 4.74 Å². The number of ketones is 1. The Labute approximate surface area is 147 Å². The van der Waals surface area contributed by atoms with Crippen LogP contribution >= 0.6 is 0 Å². The topological polar surface area (TPSA) is 67.9 Å². The molecule has 0 radical (unpaired) electrons. The fourth-order valence-electron chi connectivity index (χ4n) is 2.46. The molecule has 0 aliphatic carbocycles. The molecule has 0 fully saturated rings. The molecular weight excluding hydrogens is 314 g/mol. The maximum absolute atomic E-state index is 12.7. The molecule has 0 aliphatic rings. The Morgan fingerprint density at radius 2 is 1.64 bits per heavy atom. The second-order valence-corrected chi connectivity index (χ2v) is 6.87. The number of ether oxygens (including phenoxy) is 1. The lowest BCUT2D eigenvalue weighted by Gasteiger charge is -2.24. The summed E-state index contributed by atoms with van der Waals surface area (Å²) >= 11 is 0. The van der Waals surface area contributed by atoms with Crippen LogP contribution in [0.5, 0.6) is 5.75 Å². The number of benzene rings is 2. The van der Waals surface area contributed by atoms with Crippen molar-refractivity contribution < 1.29 is 9.53 Å². The maximum atomic E-state index is 12.7. The van der Waals surface area contributed by atoms with Crippen LogP contribution < -0.4 is 4.74 Å². The zero-order valence-corrected chi connectivity index (χ0v) is 14.6. The van der Waals surface area contributed by atoms with Crippen LogP contribution in [0.2, 0.25) is 0 Å². The van der Waals surface area contributed by atoms with Crippen molar-refractivity contribution in [3.63, 3.8) is 0 Å². The van der Waals surface area contributed by atoms with E-state index in [-0.39, 0.29) is 5.78 Å². The average Bonchev–Trinajstić information content (AvgIpc) is 3.14. The molecule has 1 heterocycles. The molecule has 3 rings (SSSR count). The summed E-state index contributed by atoms with van der Waals surface area (Å²) in [7, 11) is 0. The van der Waals surface area contributed by atoms with Crippen molar-refractivity contribution in [1.82, 2.24) is 15.2 Å². The van der Waals surface area contributed by atoms with Gasteiger partial charge in [-0.25, -0.2) is 4.98 Å². The zero-order chi connectivity index (χ0) is 17.9. The number of H-pyrrole nitrogens is 1. The number of nitrogens with zero attached hydrogens (tertiary/aromatic N) is 2. The van der Waals surface area contributed by atoms with Crippen LogP contribution in [0, 0.1) is 5.41 Å². The van der Waals surface area contributed by atoms with Gasteiger partial charge in [0.25, 0.3) is 0 Å². The summed E-state index contributed by atoms with van der Waals surface area (Å²) in [6, 6.07) is 17.8. The Morgan fingerprint density at radius 3 is 2.20 bits per heavy atom. The number of hydrogen-bond donors (Lipinski definition) is 1. The predicted octanol–water partition coefficient (Wildman–Crippen LogP) is 4.21. The summed E-state index contributed by atoms with van der Waals surface area (Å²) < 4.78 is 5.95. The fourth-order valence-corrected chi connectivity index (χ4v) is 2.46. The lowest BCUT2D eigenvalue weighted by atomic mass is 9.87. The molecule has 25 heavy (non-hydrogen) atoms. The lowest BCUT2D eigenvalue weighted by Crippen LogP contribution is -2.31. The van der Waals surface area contributed by atoms with Crippen LogP contribution in [0.3, 0.4) is 0 Å². The summed E-state index contributed by atoms with van der Waals surface area (Å²) in [6.07, 6.45) is 0.560. The molecule has 0 saturated heterocycles. The largest absolute Gasteiger partial charge is 0.475 e. The molecule has 1 aromatic heterocycles. The number of hydrogen-bond acceptors (Lipinski definition) is 4. The van der Waals surface area contributed by atoms with E-state index in [0.717, 1.165) is 11.1 Å². The number of aromatic amines is 1. The summed E-state index contributed by atoms with van der Waals surface area (Å²) in [6.45, 7) is 5.59. The standard InChI is InChI=1S/C20H21N3O2/c1-20(2,3)18(24)17(19-21-13-22-23-19)25-16-11-9-15(10-12-16)14-7-5-4-6-8-14/h4-13,17H,1-3H3,(H,21,22,23). The second-order valence-electron chi connectivity index (χ2n) is 6.87. The van der Waals surface area contributed by atoms with Gasteiger partial charge in [0.15, 0.2) is 11.6 Å². The van der Waals surface area contributed by atoms with Gasteiger partial charge in [-0.1, -0.05) is 63.2 Å². The van der Waals surface area contributed by atoms with Crippen LogP contribution in [-0.4, -0.2) is 21.0 Å². The van der Waals surface area contributed by atoms with E-state index in [9.17, 15) is 4.79 Å². The second kappa shape index (κ2) is 6.89. The van der Waals surface area contributed by atoms with E-state index in [1.54, 1.807) is 0 Å². The highest BCUT2D eigenvalue weighted by Gasteiger charge is 2.34. The molecule has 128 valence electrons. The van der Waals surface area contributed by atoms with Gasteiger partial charge >= 0.3 is 0 Å². The van der Waals surface area contributed by atoms with Crippen LogP contribution in [0.4, 0.5) is 0 Å². The first-order valence-electron chi connectivity index (χ1n) is 8.17. The molecule has 0 aliphatic heterocycles. The number of nitrogens with one attached hydrogen (secondary N) is 1. The third kappa shape index (κ3) is 3.94. The third-order valence-electron chi connectivity index (χ3n) is 3.87. The molecule has 1 unspecified atom stereocenters. The van der Waals surface area contributed by atoms with Gasteiger partial charge in [0.05, 0.1) is 0 Å². The van der Waals surface area contributed by atoms with Gasteiger partial charge in [-0.15, -0.1) is 0 Å². The van der Waals surface area contributed by atoms with E-state index in [0.29, 0.717) is 11.6 Å². The van der Waals surface area contributed by atoms with Gasteiger partial charge in [0.1, 0.15) is 12.1 Å². The van der Waals surface area contributed by atoms with Crippen molar-refractivity contribution in [2.45, 2.75) is 26.9 Å². The highest BCUT2D eigenvalue weighted by atomic mass is 16.5. The Balaban J connectivity index is 1.84. The van der Waals surface area contributed by atoms with Crippen molar-refractivity contribution in [1.29, 1.82) is 0 Å². The van der Waals surface area contributed by atoms with Crippen LogP contribution in [0.1, 0.15) is 32.7 Å². The number of Topliss-reactive ketones (excluding diaryl/α,β-unsaturated/α-hetero) is 1. The lowest BCUT2D eigenvalue weighted by molar-refractivity contribution is -0.134. The smallest absolute Gasteiger partial charge is 0.216 e. The predicted molar refractivity (Wildman–Crippen MR) is 96.1 cm³/mol. The van der Waals surface area contributed by atoms with E-state index in [2.05, 4.69) is 27.3 Å². The summed E-state index contributed by atoms with van der Waals surface area (Å²) in [5, 5.41) is 6.58. The Bertz CT molecular complexity index is 820. The van der Waals surface area contributed by atoms with Crippen molar-refractivity contribution in [3.05, 3.63) is 66.7 Å². The summed E-state index contributed by atoms with van der Waals surface area (Å²) in [4.78, 5) is 16.8. The van der Waals surface area contributed by atoms with Crippen molar-refractivity contribution in [3.8, 4) is 16.9 Å². The number of carbonyl (C=O) groups excluding carboxylic acids is 1. The highest BCUT2D eigenvalue weighted by molar-refractivity contribution is 5.88. The highest BCUT2D eigenvalue weighted by Crippen LogP contribution is 2.29. The average molecular weight is 335 g/mol. The molecule has 1 N–H and O–H groups in total. The van der Waals surface area contributed by atoms with Gasteiger partial charge in [-0.2, -0.15) is 5.10 Å². The Kier molecular flexibility index (Phi) is 4.65. The minimum absolute atomic E-state index is 0.0589. The van der Waals surface area contributed by atoms with E-state index in [1.807, 2.05) is 63.2 Å². The molecule has 0 bridgehead atoms. The quantitative estimate of drug-likeness (QED) is 0.758. The third-order valence-corrected chi connectivity index (χ3v) is 3.87. The van der Waals surface area contributed by atoms with E-state index >= 15 is 0 Å². The van der Waals surface area contributed by atoms with E-state index in [1.165, 1.54) is 6.33 Å². The molecule has 0 amide bonds. The summed E-state index contributed by atoms with van der Waals surface area (Å²) in [5.74, 6) is 0.960. The molecule has 0 spiro atoms. The monoisotopic (exact) mass is 335 g/mol. The number of aromatic nitrogens is 3. The fraction of sp³-hybridized carbons (Fsp3) is 0.250. The first kappa shape index (κ1) is 16.9. The van der Waals surface area contributed by atoms with Crippen molar-refractivity contribution in [2.75, 3.05) is 0 Å². The molecule has 1 atom stereocenters. The first-order chi connectivity index (χ1) is 11.9. The normalized spacial score (nSPS) is 12.6. The number of rotatable bonds is 5. The van der Waals surface area contributed by atoms with Crippen LogP contribution in [-0.2, 0) is 4.79 Å². The van der Waals surface area contributed by atoms with E-state index in [4.69, 9.17) is 4.74 Å². The minimum Gasteiger partial charge on any atom is -0.475 e. The SMILES string of the molecule is CC(C)(C)C(=O)C(Oc1ccc(-c2ccccc2)cc1)c1ncn[nH]1. The Morgan fingerprint density at radius 1 is 1.00 bits per heavy atom. The molecule has 0 saturated carbocycles. The molecule has 2 aromatic carbocycles. The van der Waals surface area contributed by atoms with Crippen LogP contribution in [0.25, 0.3) is 11.1 Å². The zero-order valence-electron chi connectivity index (χ0n) is 14.6. The Hall–Kier alpha value is -2.95. The minimum atomic E-state index is -0.815. The molecular formula is C20H21N3O2. The van der Waals surface area contributed by atoms with Gasteiger partial charge in [0, 0.05) is 5.41 Å². The first-order valence-corrected chi connectivity index (χ1v) is 8.17. The number of carbonyl (C=O) groups is 1. The maximum Gasteiger partial charge on any atom is 0.216 e. The van der Waals surface area contributed by atoms with Crippen molar-refractivity contribution >= 4 is 5.78 Å². The molecule has 3 aromatic rings. The molecule has 5 heteroatoms. The van der Waals surface area contributed by atoms with Crippen molar-refractivity contribution in [2.24, 2.45) is 5.41 Å². The van der Waals surface area contributed by atoms with Crippen LogP contribution in [0.15, 0.2) is 60.9 Å². The molecule has 5 nitrogen and oxygen atoms in total. The van der Waals surface area contributed by atoms with Gasteiger partial charge in [-0.3, -0.25) is 9.89 Å². The van der Waals surface area contributed by atoms with Gasteiger partial charge in [-0.05, 0) is 23.3 Å². The van der Waals surface area contributed by atoms with Gasteiger partial charge in [0.2, 0.25) is 6.10 Å². The summed E-state index contributed by atoms with van der Waals surface area (Å²) in [5.41, 5.74) is 1.67.